The van der Waals surface area contributed by atoms with Crippen LogP contribution in [0, 0.1) is 3.57 Å². The molecule has 0 bridgehead atoms. The van der Waals surface area contributed by atoms with Crippen molar-refractivity contribution in [2.45, 2.75) is 44.8 Å². The molecule has 4 aromatic carbocycles. The van der Waals surface area contributed by atoms with Crippen molar-refractivity contribution in [3.8, 4) is 11.5 Å². The third-order valence-corrected chi connectivity index (χ3v) is 14.5. The lowest BCUT2D eigenvalue weighted by Crippen LogP contribution is -2.66. The first-order valence-corrected chi connectivity index (χ1v) is 18.7. The van der Waals surface area contributed by atoms with Crippen LogP contribution in [-0.4, -0.2) is 39.9 Å². The zero-order valence-corrected chi connectivity index (χ0v) is 30.3. The van der Waals surface area contributed by atoms with Gasteiger partial charge in [0.2, 0.25) is 0 Å². The summed E-state index contributed by atoms with van der Waals surface area (Å²) in [5.41, 5.74) is 5.42. The second-order valence-electron chi connectivity index (χ2n) is 12.7. The van der Waals surface area contributed by atoms with E-state index in [1.807, 2.05) is 18.2 Å². The van der Waals surface area contributed by atoms with Crippen molar-refractivity contribution in [1.82, 2.24) is 0 Å². The molecule has 1 unspecified atom stereocenters. The van der Waals surface area contributed by atoms with Gasteiger partial charge in [-0.1, -0.05) is 130 Å². The molecule has 0 saturated carbocycles. The van der Waals surface area contributed by atoms with E-state index in [-0.39, 0.29) is 16.9 Å². The van der Waals surface area contributed by atoms with Gasteiger partial charge in [0.05, 0.1) is 30.0 Å². The van der Waals surface area contributed by atoms with Gasteiger partial charge < -0.3 is 19.0 Å². The molecule has 5 rings (SSSR count). The SMILES string of the molecule is C=C(CO[Si](c1ccccc1)(c1ccccc1)C(C)(C)C)C1=CCOC1CC/C(=C/c1cc(I)c(O)c(OC)c1)c1ccccc1. The summed E-state index contributed by atoms with van der Waals surface area (Å²) in [5, 5.41) is 12.8. The molecular formula is C40H43IO4Si. The second-order valence-corrected chi connectivity index (χ2v) is 18.1. The van der Waals surface area contributed by atoms with Crippen LogP contribution >= 0.6 is 22.6 Å². The molecular weight excluding hydrogens is 699 g/mol. The third kappa shape index (κ3) is 7.41. The van der Waals surface area contributed by atoms with E-state index in [1.165, 1.54) is 15.9 Å². The number of rotatable bonds is 12. The molecule has 0 fully saturated rings. The first-order chi connectivity index (χ1) is 22.1. The highest BCUT2D eigenvalue weighted by molar-refractivity contribution is 14.1. The summed E-state index contributed by atoms with van der Waals surface area (Å²) in [6.07, 6.45) is 5.88. The van der Waals surface area contributed by atoms with Gasteiger partial charge in [-0.15, -0.1) is 0 Å². The van der Waals surface area contributed by atoms with Gasteiger partial charge in [0.25, 0.3) is 8.32 Å². The molecule has 0 spiro atoms. The summed E-state index contributed by atoms with van der Waals surface area (Å²) in [4.78, 5) is 0. The molecule has 46 heavy (non-hydrogen) atoms. The number of ether oxygens (including phenoxy) is 2. The van der Waals surface area contributed by atoms with Crippen molar-refractivity contribution in [1.29, 1.82) is 0 Å². The smallest absolute Gasteiger partial charge is 0.261 e. The predicted octanol–water partition coefficient (Wildman–Crippen LogP) is 8.78. The lowest BCUT2D eigenvalue weighted by Gasteiger charge is -2.43. The Kier molecular flexibility index (Phi) is 11.0. The Bertz CT molecular complexity index is 1650. The third-order valence-electron chi connectivity index (χ3n) is 8.67. The topological polar surface area (TPSA) is 47.9 Å². The summed E-state index contributed by atoms with van der Waals surface area (Å²) in [5.74, 6) is 0.626. The molecule has 4 aromatic rings. The van der Waals surface area contributed by atoms with E-state index < -0.39 is 8.32 Å². The van der Waals surface area contributed by atoms with Crippen LogP contribution < -0.4 is 15.1 Å². The van der Waals surface area contributed by atoms with E-state index in [4.69, 9.17) is 13.9 Å². The van der Waals surface area contributed by atoms with Gasteiger partial charge in [-0.3, -0.25) is 0 Å². The Morgan fingerprint density at radius 1 is 0.957 bits per heavy atom. The number of benzene rings is 4. The van der Waals surface area contributed by atoms with Crippen LogP contribution in [0.2, 0.25) is 5.04 Å². The average Bonchev–Trinajstić information content (AvgIpc) is 3.54. The normalized spacial score (nSPS) is 15.5. The van der Waals surface area contributed by atoms with E-state index in [9.17, 15) is 5.11 Å². The molecule has 1 N–H and O–H groups in total. The number of halogens is 1. The lowest BCUT2D eigenvalue weighted by atomic mass is 9.93. The lowest BCUT2D eigenvalue weighted by molar-refractivity contribution is 0.117. The van der Waals surface area contributed by atoms with E-state index in [1.54, 1.807) is 7.11 Å². The number of methoxy groups -OCH3 is 1. The first kappa shape index (κ1) is 33.9. The Morgan fingerprint density at radius 3 is 2.11 bits per heavy atom. The van der Waals surface area contributed by atoms with E-state index >= 15 is 0 Å². The van der Waals surface area contributed by atoms with Crippen LogP contribution in [0.3, 0.4) is 0 Å². The molecule has 0 aromatic heterocycles. The molecule has 238 valence electrons. The maximum Gasteiger partial charge on any atom is 0.261 e. The molecule has 1 heterocycles. The van der Waals surface area contributed by atoms with E-state index in [0.29, 0.717) is 19.0 Å². The number of allylic oxidation sites excluding steroid dienone is 1. The van der Waals surface area contributed by atoms with Gasteiger partial charge in [-0.2, -0.15) is 0 Å². The quantitative estimate of drug-likeness (QED) is 0.0897. The summed E-state index contributed by atoms with van der Waals surface area (Å²) in [6.45, 7) is 12.4. The Morgan fingerprint density at radius 2 is 1.54 bits per heavy atom. The fourth-order valence-electron chi connectivity index (χ4n) is 6.40. The highest BCUT2D eigenvalue weighted by atomic mass is 127. The van der Waals surface area contributed by atoms with Crippen molar-refractivity contribution >= 4 is 52.9 Å². The Labute approximate surface area is 288 Å². The average molecular weight is 743 g/mol. The minimum Gasteiger partial charge on any atom is -0.504 e. The molecule has 0 amide bonds. The van der Waals surface area contributed by atoms with Crippen LogP contribution in [0.4, 0.5) is 0 Å². The standard InChI is InChI=1S/C40H43IO4Si/c1-29(28-45-46(40(2,3)4,33-17-11-7-12-18-33)34-19-13-8-14-20-34)35-23-24-44-37(35)22-21-32(31-15-9-6-10-16-31)25-30-26-36(41)39(42)38(27-30)43-5/h6-20,23,25-27,37,42H,1,21-22,24,28H2,2-5H3/b32-25-. The molecule has 0 aliphatic carbocycles. The zero-order chi connectivity index (χ0) is 32.7. The maximum atomic E-state index is 10.4. The minimum absolute atomic E-state index is 0.0724. The van der Waals surface area contributed by atoms with Crippen molar-refractivity contribution in [2.24, 2.45) is 0 Å². The van der Waals surface area contributed by atoms with Gasteiger partial charge >= 0.3 is 0 Å². The maximum absolute atomic E-state index is 10.4. The summed E-state index contributed by atoms with van der Waals surface area (Å²) in [7, 11) is -1.12. The molecule has 0 radical (unpaired) electrons. The number of phenolic OH excluding ortho intramolecular Hbond substituents is 1. The van der Waals surface area contributed by atoms with Crippen molar-refractivity contribution in [3.63, 3.8) is 0 Å². The van der Waals surface area contributed by atoms with Gasteiger partial charge in [0.1, 0.15) is 0 Å². The van der Waals surface area contributed by atoms with Crippen LogP contribution in [-0.2, 0) is 9.16 Å². The molecule has 1 atom stereocenters. The summed E-state index contributed by atoms with van der Waals surface area (Å²) < 4.78 is 19.7. The van der Waals surface area contributed by atoms with Crippen molar-refractivity contribution in [3.05, 3.63) is 142 Å². The summed E-state index contributed by atoms with van der Waals surface area (Å²) in [6, 6.07) is 35.7. The molecule has 6 heteroatoms. The molecule has 1 aliphatic rings. The fourth-order valence-corrected chi connectivity index (χ4v) is 11.6. The number of hydrogen-bond donors (Lipinski definition) is 1. The Balaban J connectivity index is 1.38. The monoisotopic (exact) mass is 742 g/mol. The van der Waals surface area contributed by atoms with Gasteiger partial charge in [0, 0.05) is 0 Å². The van der Waals surface area contributed by atoms with E-state index in [0.717, 1.165) is 38.7 Å². The van der Waals surface area contributed by atoms with Crippen LogP contribution in [0.1, 0.15) is 44.7 Å². The summed E-state index contributed by atoms with van der Waals surface area (Å²) >= 11 is 2.14. The first-order valence-electron chi connectivity index (χ1n) is 15.7. The predicted molar refractivity (Wildman–Crippen MR) is 201 cm³/mol. The van der Waals surface area contributed by atoms with Gasteiger partial charge in [-0.05, 0) is 90.8 Å². The number of aromatic hydroxyl groups is 1. The van der Waals surface area contributed by atoms with Crippen LogP contribution in [0.15, 0.2) is 127 Å². The molecule has 4 nitrogen and oxygen atoms in total. The number of phenols is 1. The largest absolute Gasteiger partial charge is 0.504 e. The van der Waals surface area contributed by atoms with Crippen molar-refractivity contribution in [2.75, 3.05) is 20.3 Å². The van der Waals surface area contributed by atoms with Crippen LogP contribution in [0.25, 0.3) is 11.6 Å². The highest BCUT2D eigenvalue weighted by Crippen LogP contribution is 2.38. The Hall–Kier alpha value is -3.43. The van der Waals surface area contributed by atoms with Crippen molar-refractivity contribution < 1.29 is 19.0 Å². The van der Waals surface area contributed by atoms with Crippen LogP contribution in [0.5, 0.6) is 11.5 Å². The molecule has 0 saturated heterocycles. The molecule has 1 aliphatic heterocycles. The second kappa shape index (κ2) is 15.0. The van der Waals surface area contributed by atoms with E-state index in [2.05, 4.69) is 147 Å². The zero-order valence-electron chi connectivity index (χ0n) is 27.1. The minimum atomic E-state index is -2.69. The van der Waals surface area contributed by atoms with Gasteiger partial charge in [0.15, 0.2) is 11.5 Å². The number of hydrogen-bond acceptors (Lipinski definition) is 4. The van der Waals surface area contributed by atoms with Gasteiger partial charge in [-0.25, -0.2) is 0 Å². The fraction of sp³-hybridized carbons (Fsp3) is 0.250. The highest BCUT2D eigenvalue weighted by Gasteiger charge is 2.50.